The molecule has 0 amide bonds. The Kier molecular flexibility index (Phi) is 6.38. The van der Waals surface area contributed by atoms with E-state index in [1.54, 1.807) is 0 Å². The molecule has 1 aliphatic heterocycles. The molecule has 1 fully saturated rings. The topological polar surface area (TPSA) is 88.0 Å². The monoisotopic (exact) mass is 376 g/mol. The maximum Gasteiger partial charge on any atom is 0.243 e. The van der Waals surface area contributed by atoms with Crippen LogP contribution in [0.1, 0.15) is 19.3 Å². The Bertz CT molecular complexity index is 737. The Morgan fingerprint density at radius 2 is 1.54 bits per heavy atom. The molecule has 0 atom stereocenters. The first-order valence-corrected chi connectivity index (χ1v) is 11.0. The number of hydrogen-bond donors (Lipinski definition) is 2. The van der Waals surface area contributed by atoms with Crippen molar-refractivity contribution in [2.45, 2.75) is 29.1 Å². The summed E-state index contributed by atoms with van der Waals surface area (Å²) in [5, 5.41) is 0. The van der Waals surface area contributed by atoms with Crippen molar-refractivity contribution in [2.24, 2.45) is 0 Å². The third-order valence-corrected chi connectivity index (χ3v) is 7.37. The number of quaternary nitrogens is 1. The van der Waals surface area contributed by atoms with E-state index in [-0.39, 0.29) is 9.79 Å². The van der Waals surface area contributed by atoms with Gasteiger partial charge in [0.05, 0.1) is 30.4 Å². The Morgan fingerprint density at radius 3 is 2.08 bits per heavy atom. The molecule has 24 heavy (non-hydrogen) atoms. The van der Waals surface area contributed by atoms with E-state index in [4.69, 9.17) is 0 Å². The quantitative estimate of drug-likeness (QED) is 0.587. The van der Waals surface area contributed by atoms with Crippen molar-refractivity contribution in [3.8, 4) is 0 Å². The maximum atomic E-state index is 12.4. The SMILES string of the molecule is C[NH+](C)CCCNS(=O)(=O)c1ccc(S(=O)(=O)N2CCCC2)cc1. The summed E-state index contributed by atoms with van der Waals surface area (Å²) in [4.78, 5) is 1.48. The Hall–Kier alpha value is -1.00. The minimum atomic E-state index is -3.61. The van der Waals surface area contributed by atoms with E-state index in [2.05, 4.69) is 4.72 Å². The van der Waals surface area contributed by atoms with Gasteiger partial charge in [-0.3, -0.25) is 0 Å². The highest BCUT2D eigenvalue weighted by Gasteiger charge is 2.27. The Labute approximate surface area is 144 Å². The van der Waals surface area contributed by atoms with Crippen molar-refractivity contribution < 1.29 is 21.7 Å². The second-order valence-electron chi connectivity index (χ2n) is 6.29. The van der Waals surface area contributed by atoms with Crippen molar-refractivity contribution in [1.82, 2.24) is 9.03 Å². The average Bonchev–Trinajstić information content (AvgIpc) is 3.07. The number of hydrogen-bond acceptors (Lipinski definition) is 4. The molecule has 1 heterocycles. The molecule has 0 spiro atoms. The third-order valence-electron chi connectivity index (χ3n) is 3.98. The van der Waals surface area contributed by atoms with Crippen LogP contribution in [0.15, 0.2) is 34.1 Å². The van der Waals surface area contributed by atoms with Gasteiger partial charge < -0.3 is 4.90 Å². The van der Waals surface area contributed by atoms with Crippen LogP contribution in [0.3, 0.4) is 0 Å². The lowest BCUT2D eigenvalue weighted by Crippen LogP contribution is -3.05. The normalized spacial score (nSPS) is 16.8. The van der Waals surface area contributed by atoms with Crippen LogP contribution >= 0.6 is 0 Å². The molecule has 1 aromatic rings. The zero-order valence-electron chi connectivity index (χ0n) is 14.2. The molecule has 0 aromatic heterocycles. The van der Waals surface area contributed by atoms with E-state index in [9.17, 15) is 16.8 Å². The summed E-state index contributed by atoms with van der Waals surface area (Å²) in [6.45, 7) is 2.28. The van der Waals surface area contributed by atoms with Crippen molar-refractivity contribution in [2.75, 3.05) is 40.3 Å². The van der Waals surface area contributed by atoms with Gasteiger partial charge >= 0.3 is 0 Å². The molecular weight excluding hydrogens is 350 g/mol. The van der Waals surface area contributed by atoms with E-state index < -0.39 is 20.0 Å². The molecule has 1 saturated heterocycles. The predicted octanol–water partition coefficient (Wildman–Crippen LogP) is -0.716. The van der Waals surface area contributed by atoms with Crippen LogP contribution in [0.2, 0.25) is 0 Å². The minimum Gasteiger partial charge on any atom is -0.340 e. The van der Waals surface area contributed by atoms with Gasteiger partial charge in [0.15, 0.2) is 0 Å². The van der Waals surface area contributed by atoms with E-state index in [1.165, 1.54) is 33.5 Å². The molecule has 1 aromatic carbocycles. The lowest BCUT2D eigenvalue weighted by molar-refractivity contribution is -0.858. The summed E-state index contributed by atoms with van der Waals surface area (Å²) in [5.41, 5.74) is 0. The molecule has 0 radical (unpaired) electrons. The van der Waals surface area contributed by atoms with Gasteiger partial charge in [-0.05, 0) is 37.1 Å². The molecule has 7 nitrogen and oxygen atoms in total. The Morgan fingerprint density at radius 1 is 1.00 bits per heavy atom. The zero-order chi connectivity index (χ0) is 17.8. The molecule has 9 heteroatoms. The third kappa shape index (κ3) is 4.76. The van der Waals surface area contributed by atoms with Crippen molar-refractivity contribution >= 4 is 20.0 Å². The highest BCUT2D eigenvalue weighted by atomic mass is 32.2. The maximum absolute atomic E-state index is 12.4. The number of rotatable bonds is 8. The van der Waals surface area contributed by atoms with Crippen molar-refractivity contribution in [1.29, 1.82) is 0 Å². The molecule has 0 saturated carbocycles. The fraction of sp³-hybridized carbons (Fsp3) is 0.600. The van der Waals surface area contributed by atoms with Gasteiger partial charge in [0.25, 0.3) is 0 Å². The summed E-state index contributed by atoms with van der Waals surface area (Å²) in [7, 11) is -3.11. The van der Waals surface area contributed by atoms with E-state index in [0.717, 1.165) is 25.8 Å². The number of nitrogens with one attached hydrogen (secondary N) is 2. The second kappa shape index (κ2) is 7.92. The van der Waals surface area contributed by atoms with Crippen LogP contribution in [0.25, 0.3) is 0 Å². The van der Waals surface area contributed by atoms with Crippen LogP contribution in [0, 0.1) is 0 Å². The predicted molar refractivity (Wildman–Crippen MR) is 91.9 cm³/mol. The lowest BCUT2D eigenvalue weighted by atomic mass is 10.4. The van der Waals surface area contributed by atoms with Gasteiger partial charge in [-0.25, -0.2) is 21.6 Å². The first kappa shape index (κ1) is 19.3. The van der Waals surface area contributed by atoms with Gasteiger partial charge in [-0.1, -0.05) is 0 Å². The van der Waals surface area contributed by atoms with E-state index in [0.29, 0.717) is 19.6 Å². The molecule has 0 aliphatic carbocycles. The standard InChI is InChI=1S/C15H25N3O4S2/c1-17(2)11-5-10-16-23(19,20)14-6-8-15(9-7-14)24(21,22)18-12-3-4-13-18/h6-9,16H,3-5,10-13H2,1-2H3/p+1. The first-order valence-electron chi connectivity index (χ1n) is 8.12. The highest BCUT2D eigenvalue weighted by Crippen LogP contribution is 2.22. The highest BCUT2D eigenvalue weighted by molar-refractivity contribution is 7.89. The van der Waals surface area contributed by atoms with Crippen molar-refractivity contribution in [3.63, 3.8) is 0 Å². The summed E-state index contributed by atoms with van der Waals surface area (Å²) in [6.07, 6.45) is 2.47. The van der Waals surface area contributed by atoms with Gasteiger partial charge in [0, 0.05) is 26.1 Å². The fourth-order valence-corrected chi connectivity index (χ4v) is 5.19. The molecule has 0 bridgehead atoms. The fourth-order valence-electron chi connectivity index (χ4n) is 2.60. The van der Waals surface area contributed by atoms with Crippen LogP contribution in [-0.2, 0) is 20.0 Å². The minimum absolute atomic E-state index is 0.0834. The molecule has 2 N–H and O–H groups in total. The van der Waals surface area contributed by atoms with Gasteiger partial charge in [0.2, 0.25) is 20.0 Å². The Balaban J connectivity index is 2.05. The van der Waals surface area contributed by atoms with E-state index >= 15 is 0 Å². The van der Waals surface area contributed by atoms with Crippen LogP contribution < -0.4 is 9.62 Å². The summed E-state index contributed by atoms with van der Waals surface area (Å²) >= 11 is 0. The molecule has 0 unspecified atom stereocenters. The summed E-state index contributed by atoms with van der Waals surface area (Å²) in [6, 6.07) is 5.43. The smallest absolute Gasteiger partial charge is 0.243 e. The van der Waals surface area contributed by atoms with E-state index in [1.807, 2.05) is 14.1 Å². The number of nitrogens with zero attached hydrogens (tertiary/aromatic N) is 1. The van der Waals surface area contributed by atoms with Crippen LogP contribution in [0.5, 0.6) is 0 Å². The molecular formula is C15H26N3O4S2+. The van der Waals surface area contributed by atoms with Crippen molar-refractivity contribution in [3.05, 3.63) is 24.3 Å². The summed E-state index contributed by atoms with van der Waals surface area (Å²) < 4.78 is 53.3. The largest absolute Gasteiger partial charge is 0.340 e. The van der Waals surface area contributed by atoms with Gasteiger partial charge in [-0.15, -0.1) is 0 Å². The second-order valence-corrected chi connectivity index (χ2v) is 10.00. The van der Waals surface area contributed by atoms with Crippen LogP contribution in [0.4, 0.5) is 0 Å². The summed E-state index contributed by atoms with van der Waals surface area (Å²) in [5.74, 6) is 0. The first-order chi connectivity index (χ1) is 11.2. The van der Waals surface area contributed by atoms with Gasteiger partial charge in [-0.2, -0.15) is 4.31 Å². The lowest BCUT2D eigenvalue weighted by Gasteiger charge is -2.15. The number of benzene rings is 1. The van der Waals surface area contributed by atoms with Crippen LogP contribution in [-0.4, -0.2) is 61.4 Å². The number of sulfonamides is 2. The van der Waals surface area contributed by atoms with Gasteiger partial charge in [0.1, 0.15) is 0 Å². The molecule has 136 valence electrons. The molecule has 1 aliphatic rings. The average molecular weight is 377 g/mol. The molecule has 2 rings (SSSR count). The zero-order valence-corrected chi connectivity index (χ0v) is 15.8.